The van der Waals surface area contributed by atoms with Crippen molar-refractivity contribution < 1.29 is 4.74 Å². The van der Waals surface area contributed by atoms with Gasteiger partial charge in [-0.25, -0.2) is 9.97 Å². The summed E-state index contributed by atoms with van der Waals surface area (Å²) in [5.74, 6) is 2.31. The van der Waals surface area contributed by atoms with E-state index in [4.69, 9.17) is 10.5 Å². The number of rotatable bonds is 5. The number of fused-ring (bicyclic) bond motifs is 1. The molecule has 28 heavy (non-hydrogen) atoms. The molecule has 0 bridgehead atoms. The number of benzene rings is 2. The first-order valence-corrected chi connectivity index (χ1v) is 8.99. The van der Waals surface area contributed by atoms with Crippen molar-refractivity contribution in [1.82, 2.24) is 9.97 Å². The quantitative estimate of drug-likeness (QED) is 0.665. The van der Waals surface area contributed by atoms with Crippen LogP contribution in [0.15, 0.2) is 48.8 Å². The Bertz CT molecular complexity index is 931. The fourth-order valence-electron chi connectivity index (χ4n) is 3.68. The van der Waals surface area contributed by atoms with Crippen molar-refractivity contribution in [3.05, 3.63) is 60.0 Å². The SMILES string of the molecule is COc1ccc(CN(C)c2cc(C3CC(N)C3)ncn2)c2ccccc12.Cl.Cl. The number of halogens is 2. The molecule has 0 atom stereocenters. The molecule has 0 amide bonds. The van der Waals surface area contributed by atoms with Crippen LogP contribution in [-0.4, -0.2) is 30.2 Å². The Labute approximate surface area is 178 Å². The van der Waals surface area contributed by atoms with Gasteiger partial charge in [0.1, 0.15) is 17.9 Å². The van der Waals surface area contributed by atoms with Crippen molar-refractivity contribution in [2.24, 2.45) is 5.73 Å². The van der Waals surface area contributed by atoms with E-state index in [2.05, 4.69) is 52.2 Å². The summed E-state index contributed by atoms with van der Waals surface area (Å²) in [7, 11) is 3.78. The Morgan fingerprint density at radius 1 is 1.07 bits per heavy atom. The van der Waals surface area contributed by atoms with E-state index in [1.54, 1.807) is 13.4 Å². The average molecular weight is 421 g/mol. The van der Waals surface area contributed by atoms with Gasteiger partial charge in [0.05, 0.1) is 7.11 Å². The van der Waals surface area contributed by atoms with Crippen molar-refractivity contribution in [1.29, 1.82) is 0 Å². The van der Waals surface area contributed by atoms with Gasteiger partial charge in [0.2, 0.25) is 0 Å². The molecule has 4 rings (SSSR count). The van der Waals surface area contributed by atoms with E-state index >= 15 is 0 Å². The van der Waals surface area contributed by atoms with Crippen LogP contribution in [0.1, 0.15) is 30.0 Å². The molecule has 2 aromatic carbocycles. The summed E-state index contributed by atoms with van der Waals surface area (Å²) < 4.78 is 5.50. The van der Waals surface area contributed by atoms with Crippen LogP contribution in [0.4, 0.5) is 5.82 Å². The molecule has 2 N–H and O–H groups in total. The number of methoxy groups -OCH3 is 1. The van der Waals surface area contributed by atoms with Gasteiger partial charge in [-0.15, -0.1) is 24.8 Å². The first kappa shape index (κ1) is 22.2. The standard InChI is InChI=1S/C21H24N4O.2ClH/c1-25(21-11-19(23-13-24-21)15-9-16(22)10-15)12-14-7-8-20(26-2)18-6-4-3-5-17(14)18;;/h3-8,11,13,15-16H,9-10,12,22H2,1-2H3;2*1H. The smallest absolute Gasteiger partial charge is 0.132 e. The zero-order valence-electron chi connectivity index (χ0n) is 16.0. The predicted octanol–water partition coefficient (Wildman–Crippen LogP) is 4.32. The maximum atomic E-state index is 5.92. The van der Waals surface area contributed by atoms with Gasteiger partial charge in [0.15, 0.2) is 0 Å². The van der Waals surface area contributed by atoms with Crippen LogP contribution in [0.2, 0.25) is 0 Å². The molecule has 7 heteroatoms. The number of nitrogens with two attached hydrogens (primary N) is 1. The van der Waals surface area contributed by atoms with Crippen LogP contribution in [0.3, 0.4) is 0 Å². The van der Waals surface area contributed by atoms with E-state index in [1.165, 1.54) is 10.9 Å². The maximum absolute atomic E-state index is 5.92. The molecular formula is C21H26Cl2N4O. The second kappa shape index (κ2) is 9.41. The first-order chi connectivity index (χ1) is 12.7. The third-order valence-corrected chi connectivity index (χ3v) is 5.26. The molecule has 1 aliphatic rings. The summed E-state index contributed by atoms with van der Waals surface area (Å²) in [6, 6.07) is 14.9. The highest BCUT2D eigenvalue weighted by Crippen LogP contribution is 2.35. The average Bonchev–Trinajstić information content (AvgIpc) is 2.66. The van der Waals surface area contributed by atoms with Gasteiger partial charge in [-0.2, -0.15) is 0 Å². The van der Waals surface area contributed by atoms with Crippen LogP contribution in [0.25, 0.3) is 10.8 Å². The maximum Gasteiger partial charge on any atom is 0.132 e. The van der Waals surface area contributed by atoms with Crippen LogP contribution < -0.4 is 15.4 Å². The largest absolute Gasteiger partial charge is 0.496 e. The number of ether oxygens (including phenoxy) is 1. The Balaban J connectivity index is 0.00000140. The number of hydrogen-bond donors (Lipinski definition) is 1. The second-order valence-corrected chi connectivity index (χ2v) is 7.06. The number of hydrogen-bond acceptors (Lipinski definition) is 5. The molecule has 3 aromatic rings. The molecule has 0 radical (unpaired) electrons. The van der Waals surface area contributed by atoms with Crippen molar-refractivity contribution in [3.63, 3.8) is 0 Å². The van der Waals surface area contributed by atoms with Gasteiger partial charge in [0.25, 0.3) is 0 Å². The minimum Gasteiger partial charge on any atom is -0.496 e. The number of aromatic nitrogens is 2. The molecule has 1 aliphatic carbocycles. The summed E-state index contributed by atoms with van der Waals surface area (Å²) in [6.45, 7) is 0.769. The molecule has 1 heterocycles. The van der Waals surface area contributed by atoms with Gasteiger partial charge in [-0.3, -0.25) is 0 Å². The van der Waals surface area contributed by atoms with Gasteiger partial charge >= 0.3 is 0 Å². The number of anilines is 1. The summed E-state index contributed by atoms with van der Waals surface area (Å²) >= 11 is 0. The molecule has 0 spiro atoms. The van der Waals surface area contributed by atoms with E-state index in [-0.39, 0.29) is 24.8 Å². The third-order valence-electron chi connectivity index (χ3n) is 5.26. The van der Waals surface area contributed by atoms with E-state index in [9.17, 15) is 0 Å². The molecule has 1 saturated carbocycles. The van der Waals surface area contributed by atoms with Crippen molar-refractivity contribution in [2.75, 3.05) is 19.1 Å². The van der Waals surface area contributed by atoms with E-state index in [1.807, 2.05) is 12.1 Å². The molecule has 150 valence electrons. The van der Waals surface area contributed by atoms with Crippen molar-refractivity contribution in [3.8, 4) is 5.75 Å². The fraction of sp³-hybridized carbons (Fsp3) is 0.333. The van der Waals surface area contributed by atoms with E-state index in [0.29, 0.717) is 12.0 Å². The van der Waals surface area contributed by atoms with E-state index in [0.717, 1.165) is 42.0 Å². The zero-order chi connectivity index (χ0) is 18.1. The third kappa shape index (κ3) is 4.32. The lowest BCUT2D eigenvalue weighted by Crippen LogP contribution is -2.35. The Morgan fingerprint density at radius 2 is 1.79 bits per heavy atom. The molecule has 0 unspecified atom stereocenters. The normalized spacial score (nSPS) is 17.8. The molecule has 0 saturated heterocycles. The first-order valence-electron chi connectivity index (χ1n) is 8.99. The highest BCUT2D eigenvalue weighted by atomic mass is 35.5. The lowest BCUT2D eigenvalue weighted by atomic mass is 9.78. The second-order valence-electron chi connectivity index (χ2n) is 7.06. The molecule has 0 aliphatic heterocycles. The Morgan fingerprint density at radius 3 is 2.46 bits per heavy atom. The summed E-state index contributed by atoms with van der Waals surface area (Å²) in [6.07, 6.45) is 3.70. The molecule has 1 aromatic heterocycles. The summed E-state index contributed by atoms with van der Waals surface area (Å²) in [5, 5.41) is 2.34. The predicted molar refractivity (Wildman–Crippen MR) is 119 cm³/mol. The van der Waals surface area contributed by atoms with Gasteiger partial charge in [0, 0.05) is 42.7 Å². The van der Waals surface area contributed by atoms with Gasteiger partial charge in [-0.05, 0) is 29.9 Å². The van der Waals surface area contributed by atoms with Gasteiger partial charge < -0.3 is 15.4 Å². The van der Waals surface area contributed by atoms with Crippen LogP contribution in [0.5, 0.6) is 5.75 Å². The minimum absolute atomic E-state index is 0. The minimum atomic E-state index is 0. The number of nitrogens with zero attached hydrogens (tertiary/aromatic N) is 3. The topological polar surface area (TPSA) is 64.3 Å². The summed E-state index contributed by atoms with van der Waals surface area (Å²) in [5.41, 5.74) is 8.26. The molecule has 1 fully saturated rings. The monoisotopic (exact) mass is 420 g/mol. The Kier molecular flexibility index (Phi) is 7.47. The molecule has 5 nitrogen and oxygen atoms in total. The molecular weight excluding hydrogens is 395 g/mol. The van der Waals surface area contributed by atoms with Crippen molar-refractivity contribution >= 4 is 41.4 Å². The zero-order valence-corrected chi connectivity index (χ0v) is 17.7. The van der Waals surface area contributed by atoms with Crippen LogP contribution in [-0.2, 0) is 6.54 Å². The van der Waals surface area contributed by atoms with Crippen LogP contribution >= 0.6 is 24.8 Å². The highest BCUT2D eigenvalue weighted by molar-refractivity contribution is 5.91. The summed E-state index contributed by atoms with van der Waals surface area (Å²) in [4.78, 5) is 11.1. The lowest BCUT2D eigenvalue weighted by Gasteiger charge is -2.32. The van der Waals surface area contributed by atoms with Crippen molar-refractivity contribution in [2.45, 2.75) is 31.3 Å². The fourth-order valence-corrected chi connectivity index (χ4v) is 3.68. The Hall–Kier alpha value is -2.08. The van der Waals surface area contributed by atoms with Crippen LogP contribution in [0, 0.1) is 0 Å². The van der Waals surface area contributed by atoms with Gasteiger partial charge in [-0.1, -0.05) is 30.3 Å². The van der Waals surface area contributed by atoms with E-state index < -0.39 is 0 Å². The highest BCUT2D eigenvalue weighted by Gasteiger charge is 2.28. The lowest BCUT2D eigenvalue weighted by molar-refractivity contribution is 0.345.